The lowest BCUT2D eigenvalue weighted by Crippen LogP contribution is -2.28. The summed E-state index contributed by atoms with van der Waals surface area (Å²) in [6.45, 7) is 6.12. The second kappa shape index (κ2) is 12.5. The zero-order valence-electron chi connectivity index (χ0n) is 23.9. The molecule has 0 bridgehead atoms. The molecule has 0 aliphatic carbocycles. The van der Waals surface area contributed by atoms with E-state index in [1.54, 1.807) is 0 Å². The molecular formula is C31H40N4O4. The number of ether oxygens (including phenoxy) is 2. The Morgan fingerprint density at radius 2 is 1.10 bits per heavy atom. The molecule has 8 nitrogen and oxygen atoms in total. The van der Waals surface area contributed by atoms with Crippen molar-refractivity contribution in [3.05, 3.63) is 60.9 Å². The van der Waals surface area contributed by atoms with Gasteiger partial charge in [0.15, 0.2) is 0 Å². The third-order valence-corrected chi connectivity index (χ3v) is 7.40. The van der Waals surface area contributed by atoms with Crippen LogP contribution < -0.4 is 9.47 Å². The van der Waals surface area contributed by atoms with Crippen molar-refractivity contribution in [2.75, 3.05) is 28.2 Å². The first-order valence-corrected chi connectivity index (χ1v) is 13.5. The summed E-state index contributed by atoms with van der Waals surface area (Å²) in [6, 6.07) is 16.2. The van der Waals surface area contributed by atoms with Crippen molar-refractivity contribution >= 4 is 33.7 Å². The first-order chi connectivity index (χ1) is 18.6. The minimum atomic E-state index is -0.363. The van der Waals surface area contributed by atoms with Crippen LogP contribution in [-0.4, -0.2) is 71.1 Å². The number of carbonyl (C=O) groups excluding carboxylic acids is 2. The SMILES string of the molecule is C[C@H](Cn1ccc2cc(OC(=O)CCCC(=O)Oc3ccc4c(ccn4C[C@H](C)N(C)C)c3)ccc21)N(C)C. The Hall–Kier alpha value is -3.62. The predicted molar refractivity (Wildman–Crippen MR) is 155 cm³/mol. The summed E-state index contributed by atoms with van der Waals surface area (Å²) in [4.78, 5) is 29.1. The van der Waals surface area contributed by atoms with Gasteiger partial charge in [0.05, 0.1) is 0 Å². The van der Waals surface area contributed by atoms with Gasteiger partial charge in [-0.05, 0) is 97.0 Å². The molecule has 0 aliphatic heterocycles. The standard InChI is InChI=1S/C31H40N4O4/c1-22(32(3)4)20-34-16-14-24-18-26(10-12-28(24)34)38-30(36)8-7-9-31(37)39-27-11-13-29-25(19-27)15-17-35(29)21-23(2)33(5)6/h10-19,22-23H,7-9,20-21H2,1-6H3/t22-,23+. The molecule has 0 amide bonds. The highest BCUT2D eigenvalue weighted by Crippen LogP contribution is 2.25. The topological polar surface area (TPSA) is 68.9 Å². The summed E-state index contributed by atoms with van der Waals surface area (Å²) in [5, 5.41) is 2.05. The number of nitrogens with zero attached hydrogens (tertiary/aromatic N) is 4. The molecule has 2 aromatic carbocycles. The molecule has 0 unspecified atom stereocenters. The van der Waals surface area contributed by atoms with Gasteiger partial charge in [-0.3, -0.25) is 9.59 Å². The molecule has 0 saturated heterocycles. The van der Waals surface area contributed by atoms with Crippen LogP contribution in [0.15, 0.2) is 60.9 Å². The average Bonchev–Trinajstić information content (AvgIpc) is 3.47. The summed E-state index contributed by atoms with van der Waals surface area (Å²) >= 11 is 0. The highest BCUT2D eigenvalue weighted by molar-refractivity contribution is 5.84. The van der Waals surface area contributed by atoms with E-state index in [4.69, 9.17) is 9.47 Å². The van der Waals surface area contributed by atoms with Crippen LogP contribution in [0.2, 0.25) is 0 Å². The van der Waals surface area contributed by atoms with Crippen molar-refractivity contribution in [1.29, 1.82) is 0 Å². The van der Waals surface area contributed by atoms with Gasteiger partial charge in [0.1, 0.15) is 11.5 Å². The highest BCUT2D eigenvalue weighted by Gasteiger charge is 2.13. The fraction of sp³-hybridized carbons (Fsp3) is 0.419. The van der Waals surface area contributed by atoms with Gasteiger partial charge in [-0.2, -0.15) is 0 Å². The average molecular weight is 533 g/mol. The van der Waals surface area contributed by atoms with E-state index in [-0.39, 0.29) is 24.8 Å². The van der Waals surface area contributed by atoms with Crippen molar-refractivity contribution in [2.45, 2.75) is 58.3 Å². The maximum absolute atomic E-state index is 12.4. The van der Waals surface area contributed by atoms with Crippen LogP contribution in [0.1, 0.15) is 33.1 Å². The first kappa shape index (κ1) is 28.4. The Bertz CT molecular complexity index is 1330. The number of esters is 2. The summed E-state index contributed by atoms with van der Waals surface area (Å²) in [5.41, 5.74) is 2.20. The lowest BCUT2D eigenvalue weighted by atomic mass is 10.2. The van der Waals surface area contributed by atoms with E-state index in [2.05, 4.69) is 73.4 Å². The monoisotopic (exact) mass is 532 g/mol. The fourth-order valence-corrected chi connectivity index (χ4v) is 4.44. The van der Waals surface area contributed by atoms with Gasteiger partial charge < -0.3 is 28.4 Å². The van der Waals surface area contributed by atoms with Gasteiger partial charge in [-0.25, -0.2) is 0 Å². The van der Waals surface area contributed by atoms with Gasteiger partial charge in [0, 0.05) is 72.2 Å². The molecule has 8 heteroatoms. The van der Waals surface area contributed by atoms with Gasteiger partial charge >= 0.3 is 11.9 Å². The van der Waals surface area contributed by atoms with E-state index in [0.717, 1.165) is 34.9 Å². The fourth-order valence-electron chi connectivity index (χ4n) is 4.44. The molecule has 0 radical (unpaired) electrons. The van der Waals surface area contributed by atoms with E-state index >= 15 is 0 Å². The van der Waals surface area contributed by atoms with Crippen LogP contribution >= 0.6 is 0 Å². The second-order valence-corrected chi connectivity index (χ2v) is 10.8. The van der Waals surface area contributed by atoms with Crippen LogP contribution in [0.25, 0.3) is 21.8 Å². The third-order valence-electron chi connectivity index (χ3n) is 7.40. The molecule has 208 valence electrons. The number of likely N-dealkylation sites (N-methyl/N-ethyl adjacent to an activating group) is 2. The highest BCUT2D eigenvalue weighted by atomic mass is 16.5. The minimum Gasteiger partial charge on any atom is -0.427 e. The summed E-state index contributed by atoms with van der Waals surface area (Å²) in [6.07, 6.45) is 4.75. The maximum Gasteiger partial charge on any atom is 0.311 e. The largest absolute Gasteiger partial charge is 0.427 e. The Balaban J connectivity index is 1.24. The summed E-state index contributed by atoms with van der Waals surface area (Å²) in [5.74, 6) is 0.289. The molecule has 2 heterocycles. The lowest BCUT2D eigenvalue weighted by Gasteiger charge is -2.20. The van der Waals surface area contributed by atoms with Crippen LogP contribution in [0.4, 0.5) is 0 Å². The molecule has 39 heavy (non-hydrogen) atoms. The predicted octanol–water partition coefficient (Wildman–Crippen LogP) is 5.18. The van der Waals surface area contributed by atoms with Gasteiger partial charge in [-0.1, -0.05) is 0 Å². The van der Waals surface area contributed by atoms with Crippen LogP contribution in [-0.2, 0) is 22.7 Å². The maximum atomic E-state index is 12.4. The second-order valence-electron chi connectivity index (χ2n) is 10.8. The Labute approximate surface area is 230 Å². The molecule has 2 aromatic heterocycles. The zero-order valence-corrected chi connectivity index (χ0v) is 23.9. The zero-order chi connectivity index (χ0) is 28.1. The quantitative estimate of drug-likeness (QED) is 0.185. The Kier molecular flexibility index (Phi) is 9.09. The molecule has 0 spiro atoms. The first-order valence-electron chi connectivity index (χ1n) is 13.5. The normalized spacial score (nSPS) is 13.3. The number of aromatic nitrogens is 2. The Morgan fingerprint density at radius 1 is 0.692 bits per heavy atom. The van der Waals surface area contributed by atoms with E-state index in [9.17, 15) is 9.59 Å². The molecular weight excluding hydrogens is 492 g/mol. The van der Waals surface area contributed by atoms with E-state index in [1.165, 1.54) is 0 Å². The van der Waals surface area contributed by atoms with E-state index < -0.39 is 0 Å². The van der Waals surface area contributed by atoms with Crippen molar-refractivity contribution in [1.82, 2.24) is 18.9 Å². The van der Waals surface area contributed by atoms with Crippen molar-refractivity contribution in [3.8, 4) is 11.5 Å². The van der Waals surface area contributed by atoms with Crippen LogP contribution in [0, 0.1) is 0 Å². The van der Waals surface area contributed by atoms with Gasteiger partial charge in [0.2, 0.25) is 0 Å². The van der Waals surface area contributed by atoms with Crippen LogP contribution in [0.5, 0.6) is 11.5 Å². The summed E-state index contributed by atoms with van der Waals surface area (Å²) in [7, 11) is 8.28. The summed E-state index contributed by atoms with van der Waals surface area (Å²) < 4.78 is 15.5. The molecule has 0 fully saturated rings. The van der Waals surface area contributed by atoms with E-state index in [0.29, 0.717) is 30.0 Å². The van der Waals surface area contributed by atoms with Gasteiger partial charge in [0.25, 0.3) is 0 Å². The molecule has 0 aliphatic rings. The lowest BCUT2D eigenvalue weighted by molar-refractivity contribution is -0.136. The number of hydrogen-bond donors (Lipinski definition) is 0. The number of carbonyl (C=O) groups is 2. The smallest absolute Gasteiger partial charge is 0.311 e. The molecule has 0 saturated carbocycles. The number of fused-ring (bicyclic) bond motifs is 2. The molecule has 2 atom stereocenters. The van der Waals surface area contributed by atoms with E-state index in [1.807, 2.05) is 48.5 Å². The number of benzene rings is 2. The van der Waals surface area contributed by atoms with Gasteiger partial charge in [-0.15, -0.1) is 0 Å². The molecule has 4 aromatic rings. The number of hydrogen-bond acceptors (Lipinski definition) is 6. The minimum absolute atomic E-state index is 0.139. The van der Waals surface area contributed by atoms with Crippen molar-refractivity contribution in [2.24, 2.45) is 0 Å². The van der Waals surface area contributed by atoms with Crippen molar-refractivity contribution < 1.29 is 19.1 Å². The Morgan fingerprint density at radius 3 is 1.49 bits per heavy atom. The molecule has 4 rings (SSSR count). The third kappa shape index (κ3) is 7.28. The van der Waals surface area contributed by atoms with Crippen molar-refractivity contribution in [3.63, 3.8) is 0 Å². The molecule has 0 N–H and O–H groups in total. The van der Waals surface area contributed by atoms with Crippen LogP contribution in [0.3, 0.4) is 0 Å². The number of rotatable bonds is 12.